The fourth-order valence-electron chi connectivity index (χ4n) is 3.49. The van der Waals surface area contributed by atoms with Crippen LogP contribution < -0.4 is 11.2 Å². The van der Waals surface area contributed by atoms with Crippen molar-refractivity contribution in [2.75, 3.05) is 12.4 Å². The molecule has 1 N–H and O–H groups in total. The molecule has 2 heterocycles. The molecule has 8 nitrogen and oxygen atoms in total. The lowest BCUT2D eigenvalue weighted by atomic mass is 10.2. The van der Waals surface area contributed by atoms with Gasteiger partial charge in [-0.3, -0.25) is 14.3 Å². The molecule has 12 heteroatoms. The second-order valence-electron chi connectivity index (χ2n) is 8.91. The van der Waals surface area contributed by atoms with Crippen LogP contribution in [-0.2, 0) is 13.8 Å². The first-order valence-corrected chi connectivity index (χ1v) is 15.1. The second kappa shape index (κ2) is 14.4. The summed E-state index contributed by atoms with van der Waals surface area (Å²) in [6, 6.07) is 1.31. The highest BCUT2D eigenvalue weighted by Gasteiger charge is 2.47. The van der Waals surface area contributed by atoms with Crippen molar-refractivity contribution < 1.29 is 19.5 Å². The van der Waals surface area contributed by atoms with E-state index in [0.717, 1.165) is 29.2 Å². The van der Waals surface area contributed by atoms with Crippen LogP contribution in [0.4, 0.5) is 4.39 Å². The summed E-state index contributed by atoms with van der Waals surface area (Å²) < 4.78 is 44.7. The molecule has 2 rings (SSSR count). The van der Waals surface area contributed by atoms with Gasteiger partial charge in [-0.25, -0.2) is 13.9 Å². The summed E-state index contributed by atoms with van der Waals surface area (Å²) in [5.74, 6) is 1.03. The maximum atomic E-state index is 15.6. The number of aromatic amines is 1. The Morgan fingerprint density at radius 2 is 1.97 bits per heavy atom. The molecular formula is C22H39FN3O5PS2. The van der Waals surface area contributed by atoms with Gasteiger partial charge in [0, 0.05) is 36.7 Å². The molecule has 1 aliphatic heterocycles. The third-order valence-electron chi connectivity index (χ3n) is 4.94. The SMILES string of the molecule is [2H]C[C@H]1O[C@@H](n2ccc(=O)[nH]c2=O)C(F)[C@H]1OP(OCCCCSSC(C)C)N(C(C)C)C(C)C. The summed E-state index contributed by atoms with van der Waals surface area (Å²) in [5.41, 5.74) is -1.35. The molecular weight excluding hydrogens is 500 g/mol. The van der Waals surface area contributed by atoms with E-state index in [1.54, 1.807) is 0 Å². The van der Waals surface area contributed by atoms with E-state index in [1.807, 2.05) is 49.3 Å². The molecule has 0 saturated carbocycles. The molecule has 1 fully saturated rings. The molecule has 1 aliphatic rings. The minimum Gasteiger partial charge on any atom is -0.349 e. The Morgan fingerprint density at radius 3 is 2.56 bits per heavy atom. The first kappa shape index (κ1) is 28.2. The van der Waals surface area contributed by atoms with Crippen LogP contribution in [0.2, 0.25) is 0 Å². The predicted molar refractivity (Wildman–Crippen MR) is 140 cm³/mol. The number of ether oxygens (including phenoxy) is 1. The van der Waals surface area contributed by atoms with Gasteiger partial charge < -0.3 is 13.8 Å². The molecule has 1 aromatic heterocycles. The standard InChI is InChI=1S/C22H39FN3O5PS2/c1-14(2)26(15(3)4)32(29-12-8-9-13-33-34-16(5)6)31-20-17(7)30-21(19(20)23)25-11-10-18(27)24-22(25)28/h10-11,14-17,19-21H,8-9,12-13H2,1-7H3,(H,24,27,28)/t17-,19?,20+,21-,32?/m1/s1/i7D. The zero-order chi connectivity index (χ0) is 26.1. The Balaban J connectivity index is 2.12. The number of nitrogens with one attached hydrogen (secondary N) is 1. The van der Waals surface area contributed by atoms with Gasteiger partial charge >= 0.3 is 5.69 Å². The van der Waals surface area contributed by atoms with Gasteiger partial charge in [0.05, 0.1) is 12.7 Å². The largest absolute Gasteiger partial charge is 0.349 e. The van der Waals surface area contributed by atoms with Gasteiger partial charge in [-0.1, -0.05) is 35.4 Å². The summed E-state index contributed by atoms with van der Waals surface area (Å²) in [6.07, 6.45) is -1.91. The van der Waals surface area contributed by atoms with Crippen molar-refractivity contribution in [2.45, 2.75) is 103 Å². The first-order valence-electron chi connectivity index (χ1n) is 12.3. The zero-order valence-corrected chi connectivity index (χ0v) is 23.3. The molecule has 1 aromatic rings. The minimum atomic E-state index is -1.71. The van der Waals surface area contributed by atoms with Crippen molar-refractivity contribution in [2.24, 2.45) is 0 Å². The van der Waals surface area contributed by atoms with Crippen LogP contribution in [0.15, 0.2) is 21.9 Å². The Morgan fingerprint density at radius 1 is 1.26 bits per heavy atom. The third kappa shape index (κ3) is 8.61. The number of halogens is 1. The topological polar surface area (TPSA) is 85.8 Å². The molecule has 2 unspecified atom stereocenters. The lowest BCUT2D eigenvalue weighted by molar-refractivity contribution is -0.0180. The van der Waals surface area contributed by atoms with Crippen LogP contribution in [0.1, 0.15) is 68.9 Å². The number of alkyl halides is 1. The fraction of sp³-hybridized carbons (Fsp3) is 0.818. The van der Waals surface area contributed by atoms with Gasteiger partial charge in [0.2, 0.25) is 0 Å². The smallest absolute Gasteiger partial charge is 0.330 e. The van der Waals surface area contributed by atoms with E-state index in [1.165, 1.54) is 6.20 Å². The monoisotopic (exact) mass is 540 g/mol. The highest BCUT2D eigenvalue weighted by Crippen LogP contribution is 2.50. The summed E-state index contributed by atoms with van der Waals surface area (Å²) >= 11 is 0. The molecule has 5 atom stereocenters. The molecule has 196 valence electrons. The number of hydrogen-bond donors (Lipinski definition) is 1. The van der Waals surface area contributed by atoms with E-state index in [4.69, 9.17) is 15.2 Å². The van der Waals surface area contributed by atoms with Crippen molar-refractivity contribution in [3.63, 3.8) is 0 Å². The van der Waals surface area contributed by atoms with E-state index in [9.17, 15) is 9.59 Å². The summed E-state index contributed by atoms with van der Waals surface area (Å²) in [6.45, 7) is 12.7. The highest BCUT2D eigenvalue weighted by molar-refractivity contribution is 8.76. The summed E-state index contributed by atoms with van der Waals surface area (Å²) in [4.78, 5) is 25.7. The van der Waals surface area contributed by atoms with Gasteiger partial charge in [0.1, 0.15) is 6.10 Å². The maximum Gasteiger partial charge on any atom is 0.330 e. The number of aromatic nitrogens is 2. The first-order chi connectivity index (χ1) is 16.6. The second-order valence-corrected chi connectivity index (χ2v) is 13.4. The highest BCUT2D eigenvalue weighted by atomic mass is 33.1. The molecule has 0 aromatic carbocycles. The fourth-order valence-corrected chi connectivity index (χ4v) is 7.44. The maximum absolute atomic E-state index is 15.6. The number of hydrogen-bond acceptors (Lipinski definition) is 8. The van der Waals surface area contributed by atoms with E-state index in [2.05, 4.69) is 23.5 Å². The Labute approximate surface area is 212 Å². The van der Waals surface area contributed by atoms with Gasteiger partial charge in [-0.15, -0.1) is 0 Å². The van der Waals surface area contributed by atoms with E-state index in [-0.39, 0.29) is 19.0 Å². The lowest BCUT2D eigenvalue weighted by Gasteiger charge is -2.37. The predicted octanol–water partition coefficient (Wildman–Crippen LogP) is 5.11. The molecule has 0 radical (unpaired) electrons. The van der Waals surface area contributed by atoms with Crippen LogP contribution in [-0.4, -0.2) is 62.3 Å². The van der Waals surface area contributed by atoms with Crippen molar-refractivity contribution in [1.29, 1.82) is 0 Å². The Hall–Kier alpha value is -0.420. The summed E-state index contributed by atoms with van der Waals surface area (Å²) in [5, 5.41) is 0.589. The van der Waals surface area contributed by atoms with E-state index < -0.39 is 44.4 Å². The quantitative estimate of drug-likeness (QED) is 0.198. The number of unbranched alkanes of at least 4 members (excludes halogenated alkanes) is 1. The third-order valence-corrected chi connectivity index (χ3v) is 10.1. The van der Waals surface area contributed by atoms with Crippen molar-refractivity contribution in [3.8, 4) is 0 Å². The van der Waals surface area contributed by atoms with Gasteiger partial charge in [-0.2, -0.15) is 0 Å². The molecule has 0 spiro atoms. The van der Waals surface area contributed by atoms with E-state index >= 15 is 4.39 Å². The van der Waals surface area contributed by atoms with Crippen molar-refractivity contribution in [1.82, 2.24) is 14.2 Å². The zero-order valence-electron chi connectivity index (χ0n) is 21.8. The van der Waals surface area contributed by atoms with Crippen LogP contribution >= 0.6 is 30.1 Å². The number of H-pyrrole nitrogens is 1. The Kier molecular flexibility index (Phi) is 11.9. The molecule has 0 bridgehead atoms. The van der Waals surface area contributed by atoms with Crippen molar-refractivity contribution >= 4 is 30.1 Å². The molecule has 1 saturated heterocycles. The van der Waals surface area contributed by atoms with E-state index in [0.29, 0.717) is 11.9 Å². The normalized spacial score (nSPS) is 24.5. The summed E-state index contributed by atoms with van der Waals surface area (Å²) in [7, 11) is 2.08. The minimum absolute atomic E-state index is 0.0894. The van der Waals surface area contributed by atoms with Gasteiger partial charge in [-0.05, 0) is 47.4 Å². The van der Waals surface area contributed by atoms with Gasteiger partial charge in [0.25, 0.3) is 14.1 Å². The number of nitrogens with zero attached hydrogens (tertiary/aromatic N) is 2. The number of rotatable bonds is 14. The molecule has 34 heavy (non-hydrogen) atoms. The average molecular weight is 541 g/mol. The van der Waals surface area contributed by atoms with Crippen LogP contribution in [0.5, 0.6) is 0 Å². The average Bonchev–Trinajstić information content (AvgIpc) is 3.07. The lowest BCUT2D eigenvalue weighted by Crippen LogP contribution is -2.38. The molecule has 0 amide bonds. The van der Waals surface area contributed by atoms with Gasteiger partial charge in [0.15, 0.2) is 12.4 Å². The van der Waals surface area contributed by atoms with Crippen LogP contribution in [0, 0.1) is 0 Å². The van der Waals surface area contributed by atoms with Crippen molar-refractivity contribution in [3.05, 3.63) is 33.1 Å². The van der Waals surface area contributed by atoms with Crippen LogP contribution in [0.3, 0.4) is 0 Å². The molecule has 0 aliphatic carbocycles. The van der Waals surface area contributed by atoms with Crippen LogP contribution in [0.25, 0.3) is 0 Å². The Bertz CT molecular complexity index is 870.